The van der Waals surface area contributed by atoms with Gasteiger partial charge in [0, 0.05) is 19.8 Å². The Balaban J connectivity index is 2.83. The maximum Gasteiger partial charge on any atom is 0.254 e. The van der Waals surface area contributed by atoms with Crippen molar-refractivity contribution in [2.24, 2.45) is 0 Å². The first kappa shape index (κ1) is 14.0. The first-order valence-corrected chi connectivity index (χ1v) is 5.71. The van der Waals surface area contributed by atoms with Crippen molar-refractivity contribution in [2.75, 3.05) is 19.8 Å². The number of anilines is 1. The van der Waals surface area contributed by atoms with Gasteiger partial charge in [-0.2, -0.15) is 0 Å². The van der Waals surface area contributed by atoms with Gasteiger partial charge >= 0.3 is 0 Å². The smallest absolute Gasteiger partial charge is 0.254 e. The Morgan fingerprint density at radius 2 is 1.94 bits per heavy atom. The summed E-state index contributed by atoms with van der Waals surface area (Å²) in [5, 5.41) is 2.64. The second kappa shape index (κ2) is 5.53. The summed E-state index contributed by atoms with van der Waals surface area (Å²) < 4.78 is 0. The number of benzene rings is 1. The van der Waals surface area contributed by atoms with E-state index in [1.165, 1.54) is 4.90 Å². The lowest BCUT2D eigenvalue weighted by atomic mass is 10.1. The van der Waals surface area contributed by atoms with Crippen molar-refractivity contribution in [3.05, 3.63) is 29.3 Å². The van der Waals surface area contributed by atoms with Gasteiger partial charge in [0.1, 0.15) is 6.04 Å². The van der Waals surface area contributed by atoms with Crippen LogP contribution < -0.4 is 11.1 Å². The van der Waals surface area contributed by atoms with Crippen LogP contribution in [0.3, 0.4) is 0 Å². The van der Waals surface area contributed by atoms with Crippen LogP contribution in [-0.4, -0.2) is 36.9 Å². The largest absolute Gasteiger partial charge is 0.398 e. The molecule has 0 heterocycles. The zero-order chi connectivity index (χ0) is 13.9. The Morgan fingerprint density at radius 3 is 2.50 bits per heavy atom. The lowest BCUT2D eigenvalue weighted by Gasteiger charge is -2.18. The molecular weight excluding hydrogens is 230 g/mol. The second-order valence-electron chi connectivity index (χ2n) is 4.46. The third-order valence-corrected chi connectivity index (χ3v) is 2.73. The van der Waals surface area contributed by atoms with E-state index in [0.29, 0.717) is 11.3 Å². The van der Waals surface area contributed by atoms with Gasteiger partial charge in [-0.05, 0) is 25.5 Å². The highest BCUT2D eigenvalue weighted by Gasteiger charge is 2.19. The summed E-state index contributed by atoms with van der Waals surface area (Å²) in [5.74, 6) is -0.492. The molecule has 5 nitrogen and oxygen atoms in total. The molecule has 0 saturated carbocycles. The molecule has 0 bridgehead atoms. The number of nitrogens with two attached hydrogens (primary N) is 1. The fourth-order valence-electron chi connectivity index (χ4n) is 1.60. The van der Waals surface area contributed by atoms with E-state index < -0.39 is 6.04 Å². The summed E-state index contributed by atoms with van der Waals surface area (Å²) in [6.07, 6.45) is 0. The second-order valence-corrected chi connectivity index (χ2v) is 4.46. The fourth-order valence-corrected chi connectivity index (χ4v) is 1.60. The number of amides is 2. The Bertz CT molecular complexity index is 469. The SMILES string of the molecule is Cc1cccc(C(=O)NC(C)C(=O)N(C)C)c1N. The Morgan fingerprint density at radius 1 is 1.33 bits per heavy atom. The molecule has 2 amide bonds. The van der Waals surface area contributed by atoms with Gasteiger partial charge in [-0.3, -0.25) is 9.59 Å². The molecule has 0 spiro atoms. The lowest BCUT2D eigenvalue weighted by molar-refractivity contribution is -0.130. The van der Waals surface area contributed by atoms with Crippen molar-refractivity contribution in [3.63, 3.8) is 0 Å². The van der Waals surface area contributed by atoms with E-state index in [1.807, 2.05) is 13.0 Å². The summed E-state index contributed by atoms with van der Waals surface area (Å²) in [7, 11) is 3.29. The number of carbonyl (C=O) groups excluding carboxylic acids is 2. The molecule has 0 aliphatic rings. The summed E-state index contributed by atoms with van der Waals surface area (Å²) in [4.78, 5) is 25.1. The molecule has 0 radical (unpaired) electrons. The third-order valence-electron chi connectivity index (χ3n) is 2.73. The van der Waals surface area contributed by atoms with Gasteiger partial charge in [0.25, 0.3) is 5.91 Å². The number of para-hydroxylation sites is 1. The minimum atomic E-state index is -0.576. The molecule has 1 aromatic rings. The number of rotatable bonds is 3. The molecule has 18 heavy (non-hydrogen) atoms. The molecule has 0 aromatic heterocycles. The van der Waals surface area contributed by atoms with Crippen LogP contribution in [0, 0.1) is 6.92 Å². The summed E-state index contributed by atoms with van der Waals surface area (Å²) in [5.41, 5.74) is 7.52. The van der Waals surface area contributed by atoms with E-state index in [1.54, 1.807) is 33.2 Å². The molecule has 1 unspecified atom stereocenters. The van der Waals surface area contributed by atoms with Gasteiger partial charge < -0.3 is 16.0 Å². The standard InChI is InChI=1S/C13H19N3O2/c1-8-6-5-7-10(11(8)14)12(17)15-9(2)13(18)16(3)4/h5-7,9H,14H2,1-4H3,(H,15,17). The van der Waals surface area contributed by atoms with Crippen LogP contribution in [0.25, 0.3) is 0 Å². The zero-order valence-corrected chi connectivity index (χ0v) is 11.2. The predicted molar refractivity (Wildman–Crippen MR) is 71.2 cm³/mol. The normalized spacial score (nSPS) is 11.8. The van der Waals surface area contributed by atoms with Gasteiger partial charge in [-0.1, -0.05) is 12.1 Å². The maximum absolute atomic E-state index is 12.0. The monoisotopic (exact) mass is 249 g/mol. The molecule has 5 heteroatoms. The summed E-state index contributed by atoms with van der Waals surface area (Å²) in [6.45, 7) is 3.48. The van der Waals surface area contributed by atoms with Gasteiger partial charge in [-0.15, -0.1) is 0 Å². The Kier molecular flexibility index (Phi) is 4.31. The van der Waals surface area contributed by atoms with Crippen LogP contribution in [-0.2, 0) is 4.79 Å². The zero-order valence-electron chi connectivity index (χ0n) is 11.2. The Hall–Kier alpha value is -2.04. The number of hydrogen-bond acceptors (Lipinski definition) is 3. The van der Waals surface area contributed by atoms with Crippen LogP contribution in [0.15, 0.2) is 18.2 Å². The van der Waals surface area contributed by atoms with E-state index in [-0.39, 0.29) is 11.8 Å². The van der Waals surface area contributed by atoms with Crippen molar-refractivity contribution in [1.29, 1.82) is 0 Å². The van der Waals surface area contributed by atoms with Gasteiger partial charge in [0.05, 0.1) is 5.56 Å². The maximum atomic E-state index is 12.0. The Labute approximate surface area is 107 Å². The number of nitrogens with one attached hydrogen (secondary N) is 1. The van der Waals surface area contributed by atoms with E-state index in [2.05, 4.69) is 5.32 Å². The van der Waals surface area contributed by atoms with Gasteiger partial charge in [0.15, 0.2) is 0 Å². The number of aryl methyl sites for hydroxylation is 1. The number of nitrogens with zero attached hydrogens (tertiary/aromatic N) is 1. The minimum absolute atomic E-state index is 0.158. The molecule has 1 atom stereocenters. The summed E-state index contributed by atoms with van der Waals surface area (Å²) in [6, 6.07) is 4.66. The van der Waals surface area contributed by atoms with Gasteiger partial charge in [-0.25, -0.2) is 0 Å². The molecule has 1 rings (SSSR count). The molecule has 1 aromatic carbocycles. The number of nitrogen functional groups attached to an aromatic ring is 1. The minimum Gasteiger partial charge on any atom is -0.398 e. The van der Waals surface area contributed by atoms with Crippen LogP contribution in [0.5, 0.6) is 0 Å². The molecule has 98 valence electrons. The lowest BCUT2D eigenvalue weighted by Crippen LogP contribution is -2.44. The third kappa shape index (κ3) is 3.00. The van der Waals surface area contributed by atoms with Gasteiger partial charge in [0.2, 0.25) is 5.91 Å². The molecular formula is C13H19N3O2. The highest BCUT2D eigenvalue weighted by molar-refractivity contribution is 6.01. The molecule has 0 aliphatic carbocycles. The average molecular weight is 249 g/mol. The van der Waals surface area contributed by atoms with Crippen molar-refractivity contribution in [2.45, 2.75) is 19.9 Å². The molecule has 0 saturated heterocycles. The highest BCUT2D eigenvalue weighted by Crippen LogP contribution is 2.16. The van der Waals surface area contributed by atoms with Crippen molar-refractivity contribution in [3.8, 4) is 0 Å². The highest BCUT2D eigenvalue weighted by atomic mass is 16.2. The molecule has 0 aliphatic heterocycles. The van der Waals surface area contributed by atoms with Crippen molar-refractivity contribution >= 4 is 17.5 Å². The van der Waals surface area contributed by atoms with Crippen LogP contribution in [0.4, 0.5) is 5.69 Å². The van der Waals surface area contributed by atoms with E-state index >= 15 is 0 Å². The predicted octanol–water partition coefficient (Wildman–Crippen LogP) is 0.784. The first-order valence-electron chi connectivity index (χ1n) is 5.71. The van der Waals surface area contributed by atoms with Crippen molar-refractivity contribution < 1.29 is 9.59 Å². The number of likely N-dealkylation sites (N-methyl/N-ethyl adjacent to an activating group) is 1. The molecule has 0 fully saturated rings. The average Bonchev–Trinajstić information content (AvgIpc) is 2.31. The van der Waals surface area contributed by atoms with Crippen molar-refractivity contribution in [1.82, 2.24) is 10.2 Å². The van der Waals surface area contributed by atoms with E-state index in [4.69, 9.17) is 5.73 Å². The quantitative estimate of drug-likeness (QED) is 0.777. The van der Waals surface area contributed by atoms with Crippen LogP contribution in [0.1, 0.15) is 22.8 Å². The fraction of sp³-hybridized carbons (Fsp3) is 0.385. The topological polar surface area (TPSA) is 75.4 Å². The molecule has 3 N–H and O–H groups in total. The number of carbonyl (C=O) groups is 2. The van der Waals surface area contributed by atoms with E-state index in [9.17, 15) is 9.59 Å². The van der Waals surface area contributed by atoms with Crippen LogP contribution in [0.2, 0.25) is 0 Å². The number of hydrogen-bond donors (Lipinski definition) is 2. The van der Waals surface area contributed by atoms with Crippen LogP contribution >= 0.6 is 0 Å². The van der Waals surface area contributed by atoms with E-state index in [0.717, 1.165) is 5.56 Å². The first-order chi connectivity index (χ1) is 8.34. The summed E-state index contributed by atoms with van der Waals surface area (Å²) >= 11 is 0.